The van der Waals surface area contributed by atoms with Crippen molar-refractivity contribution in [3.63, 3.8) is 0 Å². The van der Waals surface area contributed by atoms with Crippen molar-refractivity contribution in [1.29, 1.82) is 0 Å². The van der Waals surface area contributed by atoms with E-state index in [1.807, 2.05) is 61.5 Å². The van der Waals surface area contributed by atoms with Gasteiger partial charge in [0.1, 0.15) is 30.0 Å². The Labute approximate surface area is 384 Å². The Balaban J connectivity index is 0.782. The van der Waals surface area contributed by atoms with Gasteiger partial charge in [0, 0.05) is 52.8 Å². The normalized spacial score (nSPS) is 15.1. The fourth-order valence-electron chi connectivity index (χ4n) is 7.38. The molecule has 1 atom stereocenters. The molecule has 0 radical (unpaired) electrons. The maximum Gasteiger partial charge on any atom is 0.255 e. The van der Waals surface area contributed by atoms with Crippen LogP contribution in [0.15, 0.2) is 102 Å². The largest absolute Gasteiger partial charge is 0.494 e. The number of fused-ring (bicyclic) bond motifs is 1. The van der Waals surface area contributed by atoms with E-state index in [9.17, 15) is 27.6 Å². The SMILES string of the molecule is Cc1cnc(Nc2ccc(OCCCNCC(=O)NCc3ccc(COc4cccc5c4CN([C@H]4CCCC(=O)NC4=O)C5=O)cc3)cc2)nc1Nc1cccc(S(=O)(=O)NC(C)(C)C)c1. The van der Waals surface area contributed by atoms with Gasteiger partial charge in [0.05, 0.1) is 24.6 Å². The van der Waals surface area contributed by atoms with Crippen LogP contribution in [0.3, 0.4) is 0 Å². The lowest BCUT2D eigenvalue weighted by molar-refractivity contribution is -0.132. The number of imide groups is 1. The van der Waals surface area contributed by atoms with Gasteiger partial charge in [-0.1, -0.05) is 36.4 Å². The van der Waals surface area contributed by atoms with Gasteiger partial charge in [-0.3, -0.25) is 24.5 Å². The molecular weight excluding hydrogens is 863 g/mol. The molecule has 1 aromatic heterocycles. The highest BCUT2D eigenvalue weighted by atomic mass is 32.2. The highest BCUT2D eigenvalue weighted by Gasteiger charge is 2.39. The Hall–Kier alpha value is -6.89. The number of amides is 4. The minimum Gasteiger partial charge on any atom is -0.494 e. The number of ether oxygens (including phenoxy) is 2. The van der Waals surface area contributed by atoms with Crippen molar-refractivity contribution in [2.45, 2.75) is 89.6 Å². The van der Waals surface area contributed by atoms with E-state index in [0.29, 0.717) is 73.5 Å². The van der Waals surface area contributed by atoms with Crippen LogP contribution in [-0.2, 0) is 44.1 Å². The van der Waals surface area contributed by atoms with Crippen LogP contribution in [0, 0.1) is 6.92 Å². The number of benzene rings is 4. The molecule has 0 saturated carbocycles. The quantitative estimate of drug-likeness (QED) is 0.0430. The minimum absolute atomic E-state index is 0.129. The zero-order valence-corrected chi connectivity index (χ0v) is 38.2. The zero-order valence-electron chi connectivity index (χ0n) is 37.4. The summed E-state index contributed by atoms with van der Waals surface area (Å²) >= 11 is 0. The van der Waals surface area contributed by atoms with Crippen molar-refractivity contribution in [3.05, 3.63) is 125 Å². The summed E-state index contributed by atoms with van der Waals surface area (Å²) in [5, 5.41) is 14.9. The second-order valence-corrected chi connectivity index (χ2v) is 18.9. The van der Waals surface area contributed by atoms with Crippen LogP contribution in [-0.4, -0.2) is 78.2 Å². The summed E-state index contributed by atoms with van der Waals surface area (Å²) in [6.07, 6.45) is 3.58. The number of hydrogen-bond acceptors (Lipinski definition) is 13. The third kappa shape index (κ3) is 12.7. The van der Waals surface area contributed by atoms with Crippen molar-refractivity contribution in [3.8, 4) is 11.5 Å². The predicted molar refractivity (Wildman–Crippen MR) is 249 cm³/mol. The van der Waals surface area contributed by atoms with Crippen LogP contribution in [0.5, 0.6) is 11.5 Å². The maximum absolute atomic E-state index is 13.2. The number of hydrogen-bond donors (Lipinski definition) is 6. The molecule has 66 heavy (non-hydrogen) atoms. The smallest absolute Gasteiger partial charge is 0.255 e. The van der Waals surface area contributed by atoms with Crippen molar-refractivity contribution < 1.29 is 37.1 Å². The maximum atomic E-state index is 13.2. The van der Waals surface area contributed by atoms with E-state index < -0.39 is 27.5 Å². The topological polar surface area (TPSA) is 222 Å². The van der Waals surface area contributed by atoms with Crippen LogP contribution in [0.1, 0.15) is 79.1 Å². The number of rotatable bonds is 19. The van der Waals surface area contributed by atoms with Gasteiger partial charge < -0.3 is 35.6 Å². The molecule has 5 aromatic rings. The summed E-state index contributed by atoms with van der Waals surface area (Å²) < 4.78 is 40.4. The summed E-state index contributed by atoms with van der Waals surface area (Å²) in [7, 11) is -3.71. The van der Waals surface area contributed by atoms with Gasteiger partial charge in [-0.25, -0.2) is 18.1 Å². The van der Waals surface area contributed by atoms with Crippen molar-refractivity contribution in [2.24, 2.45) is 0 Å². The Morgan fingerprint density at radius 2 is 1.67 bits per heavy atom. The zero-order chi connectivity index (χ0) is 46.8. The molecular formula is C48H55N9O8S. The lowest BCUT2D eigenvalue weighted by Gasteiger charge is -2.24. The molecule has 6 N–H and O–H groups in total. The number of nitrogens with one attached hydrogen (secondary N) is 6. The number of aromatic nitrogens is 2. The van der Waals surface area contributed by atoms with E-state index >= 15 is 0 Å². The molecule has 2 aliphatic heterocycles. The third-order valence-electron chi connectivity index (χ3n) is 10.7. The third-order valence-corrected chi connectivity index (χ3v) is 12.4. The summed E-state index contributed by atoms with van der Waals surface area (Å²) in [5.74, 6) is 1.00. The van der Waals surface area contributed by atoms with E-state index in [-0.39, 0.29) is 48.7 Å². The highest BCUT2D eigenvalue weighted by Crippen LogP contribution is 2.34. The van der Waals surface area contributed by atoms with E-state index in [1.54, 1.807) is 63.4 Å². The van der Waals surface area contributed by atoms with Crippen LogP contribution in [0.4, 0.5) is 23.1 Å². The molecule has 2 aliphatic rings. The van der Waals surface area contributed by atoms with Crippen molar-refractivity contribution in [1.82, 2.24) is 35.5 Å². The molecule has 0 bridgehead atoms. The van der Waals surface area contributed by atoms with Gasteiger partial charge in [-0.15, -0.1) is 0 Å². The first kappa shape index (κ1) is 47.1. The summed E-state index contributed by atoms with van der Waals surface area (Å²) in [6, 6.07) is 26.2. The highest BCUT2D eigenvalue weighted by molar-refractivity contribution is 7.89. The van der Waals surface area contributed by atoms with Gasteiger partial charge in [0.15, 0.2) is 0 Å². The summed E-state index contributed by atoms with van der Waals surface area (Å²) in [4.78, 5) is 60.9. The van der Waals surface area contributed by atoms with Crippen molar-refractivity contribution >= 4 is 56.8 Å². The molecule has 4 aromatic carbocycles. The average Bonchev–Trinajstić information content (AvgIpc) is 3.51. The van der Waals surface area contributed by atoms with Crippen LogP contribution in [0.2, 0.25) is 0 Å². The molecule has 0 aliphatic carbocycles. The molecule has 4 amide bonds. The Morgan fingerprint density at radius 3 is 2.44 bits per heavy atom. The molecule has 1 saturated heterocycles. The minimum atomic E-state index is -3.71. The standard InChI is InChI=1S/C48H55N9O8S/c1-31-26-51-47(55-44(31)52-35-9-5-10-37(25-35)66(62,63)56-48(2,3)4)53-34-19-21-36(22-20-34)64-24-8-23-49-28-43(59)50-27-32-15-17-33(18-16-32)30-65-41-13-6-11-38-39(41)29-57(46(38)61)40-12-7-14-42(58)54-45(40)60/h5-6,9-11,13,15-22,25-26,40,49,56H,7-8,12,14,23-24,27-30H2,1-4H3,(H,50,59)(H,54,58,60)(H2,51,52,53,55)/t40-/m0/s1. The molecule has 3 heterocycles. The number of nitrogens with zero attached hydrogens (tertiary/aromatic N) is 3. The first-order valence-corrected chi connectivity index (χ1v) is 23.3. The van der Waals surface area contributed by atoms with E-state index in [1.165, 1.54) is 4.90 Å². The monoisotopic (exact) mass is 917 g/mol. The fraction of sp³-hybridized carbons (Fsp3) is 0.333. The van der Waals surface area contributed by atoms with Gasteiger partial charge in [-0.2, -0.15) is 4.98 Å². The molecule has 7 rings (SSSR count). The average molecular weight is 918 g/mol. The van der Waals surface area contributed by atoms with Gasteiger partial charge in [0.2, 0.25) is 33.7 Å². The number of carbonyl (C=O) groups excluding carboxylic acids is 4. The lowest BCUT2D eigenvalue weighted by Crippen LogP contribution is -2.46. The second kappa shape index (κ2) is 21.0. The number of anilines is 4. The first-order chi connectivity index (χ1) is 31.6. The molecule has 1 fully saturated rings. The molecule has 18 heteroatoms. The van der Waals surface area contributed by atoms with Gasteiger partial charge >= 0.3 is 0 Å². The molecule has 0 spiro atoms. The lowest BCUT2D eigenvalue weighted by atomic mass is 10.1. The first-order valence-electron chi connectivity index (χ1n) is 21.8. The van der Waals surface area contributed by atoms with E-state index in [0.717, 1.165) is 27.9 Å². The number of aryl methyl sites for hydroxylation is 1. The van der Waals surface area contributed by atoms with Gasteiger partial charge in [-0.05, 0) is 119 Å². The molecule has 17 nitrogen and oxygen atoms in total. The Bertz CT molecular complexity index is 2670. The Morgan fingerprint density at radius 1 is 0.909 bits per heavy atom. The van der Waals surface area contributed by atoms with Crippen LogP contribution < -0.4 is 40.8 Å². The molecule has 346 valence electrons. The second-order valence-electron chi connectivity index (χ2n) is 17.2. The van der Waals surface area contributed by atoms with Crippen LogP contribution >= 0.6 is 0 Å². The molecule has 0 unspecified atom stereocenters. The summed E-state index contributed by atoms with van der Waals surface area (Å²) in [5.41, 5.74) is 4.53. The predicted octanol–water partition coefficient (Wildman–Crippen LogP) is 5.75. The van der Waals surface area contributed by atoms with E-state index in [2.05, 4.69) is 41.3 Å². The van der Waals surface area contributed by atoms with Gasteiger partial charge in [0.25, 0.3) is 5.91 Å². The van der Waals surface area contributed by atoms with Crippen molar-refractivity contribution in [2.75, 3.05) is 30.3 Å². The Kier molecular flexibility index (Phi) is 14.9. The van der Waals surface area contributed by atoms with E-state index in [4.69, 9.17) is 9.47 Å². The van der Waals surface area contributed by atoms with Crippen LogP contribution in [0.25, 0.3) is 0 Å². The fourth-order valence-corrected chi connectivity index (χ4v) is 8.84. The number of sulfonamides is 1. The summed E-state index contributed by atoms with van der Waals surface area (Å²) in [6.45, 7) is 9.30. The number of carbonyl (C=O) groups is 4.